The van der Waals surface area contributed by atoms with Crippen LogP contribution in [0.5, 0.6) is 0 Å². The normalized spacial score (nSPS) is 11.2. The number of rotatable bonds is 3. The number of fused-ring (bicyclic) bond motifs is 1. The van der Waals surface area contributed by atoms with Gasteiger partial charge in [-0.25, -0.2) is 9.97 Å². The Labute approximate surface area is 120 Å². The molecule has 0 saturated carbocycles. The lowest BCUT2D eigenvalue weighted by molar-refractivity contribution is 0.102. The SMILES string of the molecule is CC(C)c1nc2ccc(C(=O)Nc3nccs3)cc2[nH]1. The molecule has 0 aliphatic rings. The highest BCUT2D eigenvalue weighted by Gasteiger charge is 2.11. The van der Waals surface area contributed by atoms with Crippen molar-refractivity contribution in [2.24, 2.45) is 0 Å². The summed E-state index contributed by atoms with van der Waals surface area (Å²) in [6, 6.07) is 5.45. The molecule has 5 nitrogen and oxygen atoms in total. The largest absolute Gasteiger partial charge is 0.342 e. The second-order valence-corrected chi connectivity index (χ2v) is 5.69. The van der Waals surface area contributed by atoms with Crippen molar-refractivity contribution < 1.29 is 4.79 Å². The third-order valence-electron chi connectivity index (χ3n) is 2.96. The molecule has 0 bridgehead atoms. The van der Waals surface area contributed by atoms with Crippen molar-refractivity contribution in [3.8, 4) is 0 Å². The van der Waals surface area contributed by atoms with E-state index in [0.29, 0.717) is 16.6 Å². The summed E-state index contributed by atoms with van der Waals surface area (Å²) in [5, 5.41) is 5.19. The van der Waals surface area contributed by atoms with Crippen molar-refractivity contribution >= 4 is 33.4 Å². The summed E-state index contributed by atoms with van der Waals surface area (Å²) in [5.41, 5.74) is 2.34. The Balaban J connectivity index is 1.90. The Kier molecular flexibility index (Phi) is 3.23. The Hall–Kier alpha value is -2.21. The number of imidazole rings is 1. The Morgan fingerprint density at radius 2 is 2.25 bits per heavy atom. The summed E-state index contributed by atoms with van der Waals surface area (Å²) in [4.78, 5) is 23.9. The van der Waals surface area contributed by atoms with Crippen LogP contribution in [0.4, 0.5) is 5.13 Å². The maximum atomic E-state index is 12.1. The number of benzene rings is 1. The van der Waals surface area contributed by atoms with E-state index in [-0.39, 0.29) is 5.91 Å². The molecule has 0 unspecified atom stereocenters. The number of H-pyrrole nitrogens is 1. The van der Waals surface area contributed by atoms with Gasteiger partial charge in [-0.3, -0.25) is 10.1 Å². The summed E-state index contributed by atoms with van der Waals surface area (Å²) in [6.45, 7) is 4.15. The van der Waals surface area contributed by atoms with Gasteiger partial charge in [0.05, 0.1) is 11.0 Å². The average Bonchev–Trinajstić information content (AvgIpc) is 3.05. The molecule has 2 heterocycles. The lowest BCUT2D eigenvalue weighted by Gasteiger charge is -2.01. The molecule has 20 heavy (non-hydrogen) atoms. The van der Waals surface area contributed by atoms with Gasteiger partial charge in [-0.15, -0.1) is 11.3 Å². The average molecular weight is 286 g/mol. The molecule has 2 N–H and O–H groups in total. The minimum Gasteiger partial charge on any atom is -0.342 e. The van der Waals surface area contributed by atoms with Crippen molar-refractivity contribution in [1.82, 2.24) is 15.0 Å². The number of anilines is 1. The van der Waals surface area contributed by atoms with E-state index in [1.165, 1.54) is 11.3 Å². The van der Waals surface area contributed by atoms with E-state index < -0.39 is 0 Å². The van der Waals surface area contributed by atoms with Gasteiger partial charge in [-0.1, -0.05) is 13.8 Å². The van der Waals surface area contributed by atoms with E-state index in [1.54, 1.807) is 12.3 Å². The van der Waals surface area contributed by atoms with Gasteiger partial charge in [-0.2, -0.15) is 0 Å². The molecule has 0 saturated heterocycles. The van der Waals surface area contributed by atoms with Gasteiger partial charge in [0.2, 0.25) is 0 Å². The van der Waals surface area contributed by atoms with Crippen LogP contribution in [0.2, 0.25) is 0 Å². The molecule has 2 aromatic heterocycles. The van der Waals surface area contributed by atoms with Crippen LogP contribution >= 0.6 is 11.3 Å². The minimum absolute atomic E-state index is 0.164. The van der Waals surface area contributed by atoms with Gasteiger partial charge in [0, 0.05) is 23.1 Å². The fourth-order valence-corrected chi connectivity index (χ4v) is 2.42. The van der Waals surface area contributed by atoms with E-state index in [2.05, 4.69) is 34.1 Å². The van der Waals surface area contributed by atoms with Crippen LogP contribution in [-0.4, -0.2) is 20.9 Å². The highest BCUT2D eigenvalue weighted by atomic mass is 32.1. The van der Waals surface area contributed by atoms with Crippen molar-refractivity contribution in [1.29, 1.82) is 0 Å². The number of amides is 1. The lowest BCUT2D eigenvalue weighted by atomic mass is 10.2. The van der Waals surface area contributed by atoms with Crippen LogP contribution in [0.25, 0.3) is 11.0 Å². The molecule has 0 atom stereocenters. The quantitative estimate of drug-likeness (QED) is 0.775. The molecular formula is C14H14N4OS. The molecule has 0 spiro atoms. The first-order valence-corrected chi connectivity index (χ1v) is 7.22. The van der Waals surface area contributed by atoms with E-state index in [0.717, 1.165) is 16.9 Å². The predicted octanol–water partition coefficient (Wildman–Crippen LogP) is 3.40. The van der Waals surface area contributed by atoms with Crippen LogP contribution in [0, 0.1) is 0 Å². The van der Waals surface area contributed by atoms with E-state index >= 15 is 0 Å². The van der Waals surface area contributed by atoms with Gasteiger partial charge in [0.1, 0.15) is 5.82 Å². The molecule has 0 fully saturated rings. The van der Waals surface area contributed by atoms with Crippen LogP contribution in [0.15, 0.2) is 29.8 Å². The van der Waals surface area contributed by atoms with Gasteiger partial charge in [0.15, 0.2) is 5.13 Å². The second-order valence-electron chi connectivity index (χ2n) is 4.80. The predicted molar refractivity (Wildman–Crippen MR) is 80.2 cm³/mol. The van der Waals surface area contributed by atoms with Crippen LogP contribution < -0.4 is 5.32 Å². The fourth-order valence-electron chi connectivity index (χ4n) is 1.90. The van der Waals surface area contributed by atoms with Gasteiger partial charge >= 0.3 is 0 Å². The third kappa shape index (κ3) is 2.42. The summed E-state index contributed by atoms with van der Waals surface area (Å²) < 4.78 is 0. The first kappa shape index (κ1) is 12.8. The highest BCUT2D eigenvalue weighted by Crippen LogP contribution is 2.19. The molecule has 0 aliphatic carbocycles. The van der Waals surface area contributed by atoms with Gasteiger partial charge in [-0.05, 0) is 18.2 Å². The van der Waals surface area contributed by atoms with Gasteiger partial charge in [0.25, 0.3) is 5.91 Å². The second kappa shape index (κ2) is 5.05. The van der Waals surface area contributed by atoms with E-state index in [4.69, 9.17) is 0 Å². The van der Waals surface area contributed by atoms with Gasteiger partial charge < -0.3 is 4.98 Å². The number of nitrogens with zero attached hydrogens (tertiary/aromatic N) is 2. The lowest BCUT2D eigenvalue weighted by Crippen LogP contribution is -2.11. The first-order valence-electron chi connectivity index (χ1n) is 6.34. The zero-order valence-electron chi connectivity index (χ0n) is 11.2. The maximum absolute atomic E-state index is 12.1. The van der Waals surface area contributed by atoms with Crippen LogP contribution in [0.1, 0.15) is 35.9 Å². The number of hydrogen-bond donors (Lipinski definition) is 2. The molecule has 102 valence electrons. The Morgan fingerprint density at radius 1 is 1.40 bits per heavy atom. The number of aromatic nitrogens is 3. The van der Waals surface area contributed by atoms with Crippen LogP contribution in [0.3, 0.4) is 0 Å². The third-order valence-corrected chi connectivity index (χ3v) is 3.65. The summed E-state index contributed by atoms with van der Waals surface area (Å²) in [7, 11) is 0. The van der Waals surface area contributed by atoms with E-state index in [9.17, 15) is 4.79 Å². The smallest absolute Gasteiger partial charge is 0.257 e. The Morgan fingerprint density at radius 3 is 2.95 bits per heavy atom. The number of thiazole rings is 1. The summed E-state index contributed by atoms with van der Waals surface area (Å²) in [5.74, 6) is 1.09. The van der Waals surface area contributed by atoms with E-state index in [1.807, 2.05) is 17.5 Å². The highest BCUT2D eigenvalue weighted by molar-refractivity contribution is 7.13. The summed E-state index contributed by atoms with van der Waals surface area (Å²) >= 11 is 1.39. The molecule has 3 aromatic rings. The van der Waals surface area contributed by atoms with Crippen molar-refractivity contribution in [3.63, 3.8) is 0 Å². The molecule has 0 radical (unpaired) electrons. The summed E-state index contributed by atoms with van der Waals surface area (Å²) in [6.07, 6.45) is 1.66. The molecule has 1 aromatic carbocycles. The number of hydrogen-bond acceptors (Lipinski definition) is 4. The van der Waals surface area contributed by atoms with Crippen molar-refractivity contribution in [2.75, 3.05) is 5.32 Å². The monoisotopic (exact) mass is 286 g/mol. The van der Waals surface area contributed by atoms with Crippen LogP contribution in [-0.2, 0) is 0 Å². The Bertz CT molecular complexity index is 746. The fraction of sp³-hybridized carbons (Fsp3) is 0.214. The standard InChI is InChI=1S/C14H14N4OS/c1-8(2)12-16-10-4-3-9(7-11(10)17-12)13(19)18-14-15-5-6-20-14/h3-8H,1-2H3,(H,16,17)(H,15,18,19). The maximum Gasteiger partial charge on any atom is 0.257 e. The number of nitrogens with one attached hydrogen (secondary N) is 2. The molecular weight excluding hydrogens is 272 g/mol. The van der Waals surface area contributed by atoms with Crippen molar-refractivity contribution in [3.05, 3.63) is 41.2 Å². The zero-order chi connectivity index (χ0) is 14.1. The number of carbonyl (C=O) groups excluding carboxylic acids is 1. The topological polar surface area (TPSA) is 70.7 Å². The molecule has 6 heteroatoms. The zero-order valence-corrected chi connectivity index (χ0v) is 12.0. The van der Waals surface area contributed by atoms with Crippen molar-refractivity contribution in [2.45, 2.75) is 19.8 Å². The first-order chi connectivity index (χ1) is 9.63. The number of aromatic amines is 1. The minimum atomic E-state index is -0.164. The number of carbonyl (C=O) groups is 1. The molecule has 0 aliphatic heterocycles. The molecule has 3 rings (SSSR count). The molecule has 1 amide bonds.